The van der Waals surface area contributed by atoms with E-state index in [1.807, 2.05) is 6.92 Å². The van der Waals surface area contributed by atoms with E-state index in [1.54, 1.807) is 13.8 Å². The van der Waals surface area contributed by atoms with E-state index < -0.39 is 18.2 Å². The summed E-state index contributed by atoms with van der Waals surface area (Å²) in [5.41, 5.74) is 0. The highest BCUT2D eigenvalue weighted by Gasteiger charge is 2.36. The number of hydrogen-bond donors (Lipinski definition) is 2. The van der Waals surface area contributed by atoms with E-state index in [-0.39, 0.29) is 18.4 Å². The molecule has 1 heterocycles. The monoisotopic (exact) mass is 285 g/mol. The lowest BCUT2D eigenvalue weighted by Gasteiger charge is -2.26. The third kappa shape index (κ3) is 4.11. The van der Waals surface area contributed by atoms with Gasteiger partial charge in [-0.1, -0.05) is 0 Å². The van der Waals surface area contributed by atoms with Crippen LogP contribution in [0.15, 0.2) is 0 Å². The van der Waals surface area contributed by atoms with Crippen molar-refractivity contribution in [3.63, 3.8) is 0 Å². The number of nitrogens with one attached hydrogen (secondary N) is 2. The molecule has 0 aromatic rings. The lowest BCUT2D eigenvalue weighted by molar-refractivity contribution is -0.139. The summed E-state index contributed by atoms with van der Waals surface area (Å²) in [6.45, 7) is 6.44. The molecule has 1 rings (SSSR count). The van der Waals surface area contributed by atoms with E-state index in [4.69, 9.17) is 4.74 Å². The lowest BCUT2D eigenvalue weighted by atomic mass is 10.2. The number of carbonyl (C=O) groups excluding carboxylic acids is 3. The van der Waals surface area contributed by atoms with Gasteiger partial charge in [-0.2, -0.15) is 0 Å². The second kappa shape index (κ2) is 7.72. The molecule has 1 aliphatic rings. The van der Waals surface area contributed by atoms with E-state index in [9.17, 15) is 14.4 Å². The van der Waals surface area contributed by atoms with Crippen LogP contribution in [0.2, 0.25) is 0 Å². The lowest BCUT2D eigenvalue weighted by Crippen LogP contribution is -2.52. The number of ether oxygens (including phenoxy) is 1. The van der Waals surface area contributed by atoms with Crippen LogP contribution in [0.3, 0.4) is 0 Å². The smallest absolute Gasteiger partial charge is 0.407 e. The molecule has 114 valence electrons. The quantitative estimate of drug-likeness (QED) is 0.758. The predicted molar refractivity (Wildman–Crippen MR) is 73.0 cm³/mol. The maximum absolute atomic E-state index is 12.3. The van der Waals surface area contributed by atoms with Gasteiger partial charge in [0, 0.05) is 13.1 Å². The SMILES string of the molecule is CCNC(=O)[C@@H]1CCCN1C(=O)[C@H](C)NC(=O)OCC. The second-order valence-electron chi connectivity index (χ2n) is 4.67. The standard InChI is InChI=1S/C13H23N3O4/c1-4-14-11(17)10-7-6-8-16(10)12(18)9(3)15-13(19)20-5-2/h9-10H,4-8H2,1-3H3,(H,14,17)(H,15,19)/t9-,10-/m0/s1. The van der Waals surface area contributed by atoms with E-state index in [0.717, 1.165) is 6.42 Å². The summed E-state index contributed by atoms with van der Waals surface area (Å²) >= 11 is 0. The number of rotatable bonds is 5. The number of alkyl carbamates (subject to hydrolysis) is 1. The van der Waals surface area contributed by atoms with Crippen molar-refractivity contribution in [3.8, 4) is 0 Å². The Morgan fingerprint density at radius 3 is 2.65 bits per heavy atom. The fourth-order valence-corrected chi connectivity index (χ4v) is 2.26. The highest BCUT2D eigenvalue weighted by molar-refractivity contribution is 5.91. The Morgan fingerprint density at radius 1 is 1.35 bits per heavy atom. The van der Waals surface area contributed by atoms with Gasteiger partial charge < -0.3 is 20.3 Å². The molecule has 1 saturated heterocycles. The molecule has 0 aromatic heterocycles. The predicted octanol–water partition coefficient (Wildman–Crippen LogP) is 0.248. The van der Waals surface area contributed by atoms with Gasteiger partial charge in [-0.15, -0.1) is 0 Å². The van der Waals surface area contributed by atoms with Crippen LogP contribution in [0, 0.1) is 0 Å². The molecule has 0 aromatic carbocycles. The minimum atomic E-state index is -0.705. The highest BCUT2D eigenvalue weighted by Crippen LogP contribution is 2.18. The average Bonchev–Trinajstić information content (AvgIpc) is 2.87. The molecule has 7 heteroatoms. The first-order valence-corrected chi connectivity index (χ1v) is 7.02. The summed E-state index contributed by atoms with van der Waals surface area (Å²) in [6, 6.07) is -1.14. The van der Waals surface area contributed by atoms with Gasteiger partial charge in [-0.25, -0.2) is 4.79 Å². The first-order valence-electron chi connectivity index (χ1n) is 7.02. The summed E-state index contributed by atoms with van der Waals surface area (Å²) in [6.07, 6.45) is 0.825. The summed E-state index contributed by atoms with van der Waals surface area (Å²) < 4.78 is 4.74. The minimum Gasteiger partial charge on any atom is -0.450 e. The molecule has 20 heavy (non-hydrogen) atoms. The van der Waals surface area contributed by atoms with Crippen molar-refractivity contribution in [2.75, 3.05) is 19.7 Å². The molecule has 1 aliphatic heterocycles. The molecule has 0 aliphatic carbocycles. The molecule has 0 bridgehead atoms. The van der Waals surface area contributed by atoms with E-state index in [0.29, 0.717) is 19.5 Å². The van der Waals surface area contributed by atoms with Gasteiger partial charge in [0.1, 0.15) is 12.1 Å². The van der Waals surface area contributed by atoms with Gasteiger partial charge in [0.2, 0.25) is 11.8 Å². The van der Waals surface area contributed by atoms with Gasteiger partial charge in [-0.05, 0) is 33.6 Å². The van der Waals surface area contributed by atoms with Crippen LogP contribution in [0.4, 0.5) is 4.79 Å². The fraction of sp³-hybridized carbons (Fsp3) is 0.769. The van der Waals surface area contributed by atoms with Crippen LogP contribution < -0.4 is 10.6 Å². The van der Waals surface area contributed by atoms with Gasteiger partial charge >= 0.3 is 6.09 Å². The third-order valence-corrected chi connectivity index (χ3v) is 3.17. The van der Waals surface area contributed by atoms with Crippen molar-refractivity contribution in [3.05, 3.63) is 0 Å². The van der Waals surface area contributed by atoms with Crippen LogP contribution >= 0.6 is 0 Å². The number of likely N-dealkylation sites (N-methyl/N-ethyl adjacent to an activating group) is 1. The van der Waals surface area contributed by atoms with Gasteiger partial charge in [0.25, 0.3) is 0 Å². The number of likely N-dealkylation sites (tertiary alicyclic amines) is 1. The van der Waals surface area contributed by atoms with Crippen molar-refractivity contribution in [1.29, 1.82) is 0 Å². The molecule has 1 fully saturated rings. The van der Waals surface area contributed by atoms with Crippen LogP contribution in [0.5, 0.6) is 0 Å². The molecule has 0 radical (unpaired) electrons. The average molecular weight is 285 g/mol. The summed E-state index contributed by atoms with van der Waals surface area (Å²) in [7, 11) is 0. The Hall–Kier alpha value is -1.79. The van der Waals surface area contributed by atoms with Crippen LogP contribution in [0.25, 0.3) is 0 Å². The molecule has 2 atom stereocenters. The van der Waals surface area contributed by atoms with E-state index >= 15 is 0 Å². The number of carbonyl (C=O) groups is 3. The molecule has 7 nitrogen and oxygen atoms in total. The Labute approximate surface area is 119 Å². The molecule has 2 N–H and O–H groups in total. The zero-order valence-corrected chi connectivity index (χ0v) is 12.3. The number of amides is 3. The highest BCUT2D eigenvalue weighted by atomic mass is 16.5. The van der Waals surface area contributed by atoms with E-state index in [2.05, 4.69) is 10.6 Å². The van der Waals surface area contributed by atoms with E-state index in [1.165, 1.54) is 4.90 Å². The molecule has 3 amide bonds. The Morgan fingerprint density at radius 2 is 2.05 bits per heavy atom. The normalized spacial score (nSPS) is 19.4. The Kier molecular flexibility index (Phi) is 6.27. The minimum absolute atomic E-state index is 0.137. The maximum Gasteiger partial charge on any atom is 0.407 e. The van der Waals surface area contributed by atoms with Crippen molar-refractivity contribution in [2.24, 2.45) is 0 Å². The molecular weight excluding hydrogens is 262 g/mol. The number of hydrogen-bond acceptors (Lipinski definition) is 4. The van der Waals surface area contributed by atoms with Crippen LogP contribution in [-0.4, -0.2) is 54.6 Å². The Balaban J connectivity index is 2.60. The van der Waals surface area contributed by atoms with Crippen LogP contribution in [0.1, 0.15) is 33.6 Å². The number of nitrogens with zero attached hydrogens (tertiary/aromatic N) is 1. The Bertz CT molecular complexity index is 373. The zero-order chi connectivity index (χ0) is 15.1. The molecule has 0 unspecified atom stereocenters. The summed E-state index contributed by atoms with van der Waals surface area (Å²) in [5.74, 6) is -0.395. The first kappa shape index (κ1) is 16.3. The van der Waals surface area contributed by atoms with Crippen LogP contribution in [-0.2, 0) is 14.3 Å². The van der Waals surface area contributed by atoms with Crippen molar-refractivity contribution >= 4 is 17.9 Å². The van der Waals surface area contributed by atoms with Gasteiger partial charge in [0.15, 0.2) is 0 Å². The second-order valence-corrected chi connectivity index (χ2v) is 4.67. The summed E-state index contributed by atoms with van der Waals surface area (Å²) in [4.78, 5) is 37.0. The van der Waals surface area contributed by atoms with Gasteiger partial charge in [0.05, 0.1) is 6.61 Å². The van der Waals surface area contributed by atoms with Gasteiger partial charge in [-0.3, -0.25) is 9.59 Å². The fourth-order valence-electron chi connectivity index (χ4n) is 2.26. The van der Waals surface area contributed by atoms with Crippen molar-refractivity contribution < 1.29 is 19.1 Å². The molecule has 0 saturated carbocycles. The zero-order valence-electron chi connectivity index (χ0n) is 12.3. The topological polar surface area (TPSA) is 87.7 Å². The first-order chi connectivity index (χ1) is 9.51. The van der Waals surface area contributed by atoms with Crippen molar-refractivity contribution in [2.45, 2.75) is 45.7 Å². The largest absolute Gasteiger partial charge is 0.450 e. The summed E-state index contributed by atoms with van der Waals surface area (Å²) in [5, 5.41) is 5.19. The maximum atomic E-state index is 12.3. The molecular formula is C13H23N3O4. The molecule has 0 spiro atoms. The third-order valence-electron chi connectivity index (χ3n) is 3.17. The van der Waals surface area contributed by atoms with Crippen molar-refractivity contribution in [1.82, 2.24) is 15.5 Å².